The fraction of sp³-hybridized carbons (Fsp3) is 0.412. The minimum Gasteiger partial charge on any atom is -0.334 e. The van der Waals surface area contributed by atoms with E-state index in [0.29, 0.717) is 29.5 Å². The Hall–Kier alpha value is -2.33. The zero-order valence-electron chi connectivity index (χ0n) is 13.0. The Morgan fingerprint density at radius 3 is 2.79 bits per heavy atom. The molecular weight excluding hydrogens is 324 g/mol. The SMILES string of the molecule is N#CC1(NC(=O)c2ccc(-c3nc(C4CC4)no3)cc2)CCSC1. The molecule has 2 heterocycles. The van der Waals surface area contributed by atoms with E-state index < -0.39 is 5.54 Å². The maximum absolute atomic E-state index is 12.4. The summed E-state index contributed by atoms with van der Waals surface area (Å²) in [5.74, 6) is 2.99. The van der Waals surface area contributed by atoms with Crippen molar-refractivity contribution in [3.8, 4) is 17.5 Å². The molecule has 2 fully saturated rings. The normalized spacial score (nSPS) is 23.0. The van der Waals surface area contributed by atoms with E-state index in [2.05, 4.69) is 21.5 Å². The maximum Gasteiger partial charge on any atom is 0.257 e. The second-order valence-corrected chi connectivity index (χ2v) is 7.37. The number of aromatic nitrogens is 2. The van der Waals surface area contributed by atoms with E-state index in [1.54, 1.807) is 36.0 Å². The zero-order chi connectivity index (χ0) is 16.6. The van der Waals surface area contributed by atoms with Crippen LogP contribution in [-0.2, 0) is 0 Å². The molecular formula is C17H16N4O2S. The Morgan fingerprint density at radius 2 is 2.17 bits per heavy atom. The highest BCUT2D eigenvalue weighted by molar-refractivity contribution is 7.99. The minimum absolute atomic E-state index is 0.227. The van der Waals surface area contributed by atoms with E-state index in [1.807, 2.05) is 0 Å². The van der Waals surface area contributed by atoms with Gasteiger partial charge in [-0.3, -0.25) is 4.79 Å². The Balaban J connectivity index is 1.48. The number of thioether (sulfide) groups is 1. The molecule has 6 nitrogen and oxygen atoms in total. The standard InChI is InChI=1S/C17H16N4O2S/c18-9-17(7-8-24-10-17)20-15(22)12-3-5-13(6-4-12)16-19-14(21-23-16)11-1-2-11/h3-6,11H,1-2,7-8,10H2,(H,20,22). The second kappa shape index (κ2) is 5.95. The van der Waals surface area contributed by atoms with Crippen molar-refractivity contribution in [2.45, 2.75) is 30.7 Å². The van der Waals surface area contributed by atoms with E-state index >= 15 is 0 Å². The summed E-state index contributed by atoms with van der Waals surface area (Å²) in [6.45, 7) is 0. The van der Waals surface area contributed by atoms with Crippen molar-refractivity contribution in [2.75, 3.05) is 11.5 Å². The van der Waals surface area contributed by atoms with Crippen molar-refractivity contribution < 1.29 is 9.32 Å². The van der Waals surface area contributed by atoms with Crippen LogP contribution < -0.4 is 5.32 Å². The fourth-order valence-electron chi connectivity index (χ4n) is 2.69. The monoisotopic (exact) mass is 340 g/mol. The molecule has 4 rings (SSSR count). The lowest BCUT2D eigenvalue weighted by atomic mass is 10.0. The first-order valence-corrected chi connectivity index (χ1v) is 9.10. The first-order chi connectivity index (χ1) is 11.7. The fourth-order valence-corrected chi connectivity index (χ4v) is 3.96. The molecule has 122 valence electrons. The van der Waals surface area contributed by atoms with Crippen LogP contribution in [0.3, 0.4) is 0 Å². The first-order valence-electron chi connectivity index (χ1n) is 7.95. The zero-order valence-corrected chi connectivity index (χ0v) is 13.8. The van der Waals surface area contributed by atoms with Crippen molar-refractivity contribution in [1.29, 1.82) is 5.26 Å². The van der Waals surface area contributed by atoms with Gasteiger partial charge in [-0.25, -0.2) is 0 Å². The molecule has 1 amide bonds. The number of rotatable bonds is 4. The summed E-state index contributed by atoms with van der Waals surface area (Å²) in [7, 11) is 0. The first kappa shape index (κ1) is 15.2. The minimum atomic E-state index is -0.744. The van der Waals surface area contributed by atoms with E-state index in [9.17, 15) is 10.1 Å². The smallest absolute Gasteiger partial charge is 0.257 e. The molecule has 1 aromatic heterocycles. The van der Waals surface area contributed by atoms with Crippen LogP contribution in [0.25, 0.3) is 11.5 Å². The highest BCUT2D eigenvalue weighted by Crippen LogP contribution is 2.38. The van der Waals surface area contributed by atoms with Crippen LogP contribution in [0.4, 0.5) is 0 Å². The average molecular weight is 340 g/mol. The number of amides is 1. The van der Waals surface area contributed by atoms with Gasteiger partial charge in [0.2, 0.25) is 0 Å². The van der Waals surface area contributed by atoms with Crippen LogP contribution in [0.15, 0.2) is 28.8 Å². The van der Waals surface area contributed by atoms with Crippen LogP contribution in [0.2, 0.25) is 0 Å². The molecule has 2 aliphatic rings. The molecule has 7 heteroatoms. The van der Waals surface area contributed by atoms with Gasteiger partial charge < -0.3 is 9.84 Å². The van der Waals surface area contributed by atoms with Gasteiger partial charge in [0.05, 0.1) is 6.07 Å². The third-order valence-corrected chi connectivity index (χ3v) is 5.56. The number of nitrogens with zero attached hydrogens (tertiary/aromatic N) is 3. The summed E-state index contributed by atoms with van der Waals surface area (Å²) in [5, 5.41) is 16.2. The molecule has 24 heavy (non-hydrogen) atoms. The lowest BCUT2D eigenvalue weighted by Crippen LogP contribution is -2.47. The molecule has 1 unspecified atom stereocenters. The molecule has 1 atom stereocenters. The molecule has 1 N–H and O–H groups in total. The summed E-state index contributed by atoms with van der Waals surface area (Å²) in [6.07, 6.45) is 2.93. The molecule has 1 saturated carbocycles. The van der Waals surface area contributed by atoms with Crippen LogP contribution >= 0.6 is 11.8 Å². The molecule has 0 radical (unpaired) electrons. The number of nitrogens with one attached hydrogen (secondary N) is 1. The second-order valence-electron chi connectivity index (χ2n) is 6.26. The number of carbonyl (C=O) groups is 1. The van der Waals surface area contributed by atoms with Gasteiger partial charge in [-0.15, -0.1) is 0 Å². The lowest BCUT2D eigenvalue weighted by molar-refractivity contribution is 0.0926. The summed E-state index contributed by atoms with van der Waals surface area (Å²) in [4.78, 5) is 16.8. The molecule has 1 aromatic carbocycles. The summed E-state index contributed by atoms with van der Waals surface area (Å²) in [5.41, 5.74) is 0.566. The van der Waals surface area contributed by atoms with Crippen LogP contribution in [0.1, 0.15) is 41.4 Å². The van der Waals surface area contributed by atoms with Gasteiger partial charge >= 0.3 is 0 Å². The van der Waals surface area contributed by atoms with Crippen molar-refractivity contribution in [3.05, 3.63) is 35.7 Å². The van der Waals surface area contributed by atoms with E-state index in [1.165, 1.54) is 0 Å². The number of benzene rings is 1. The molecule has 0 spiro atoms. The van der Waals surface area contributed by atoms with E-state index in [0.717, 1.165) is 30.0 Å². The van der Waals surface area contributed by atoms with Gasteiger partial charge in [0.1, 0.15) is 5.54 Å². The van der Waals surface area contributed by atoms with Crippen molar-refractivity contribution in [3.63, 3.8) is 0 Å². The van der Waals surface area contributed by atoms with Crippen molar-refractivity contribution >= 4 is 17.7 Å². The number of hydrogen-bond donors (Lipinski definition) is 1. The topological polar surface area (TPSA) is 91.8 Å². The third-order valence-electron chi connectivity index (χ3n) is 4.37. The Labute approximate surface area is 143 Å². The molecule has 2 aromatic rings. The quantitative estimate of drug-likeness (QED) is 0.920. The lowest BCUT2D eigenvalue weighted by Gasteiger charge is -2.21. The van der Waals surface area contributed by atoms with Crippen molar-refractivity contribution in [1.82, 2.24) is 15.5 Å². The number of carbonyl (C=O) groups excluding carboxylic acids is 1. The molecule has 1 aliphatic heterocycles. The highest BCUT2D eigenvalue weighted by Gasteiger charge is 2.36. The van der Waals surface area contributed by atoms with Gasteiger partial charge in [-0.1, -0.05) is 5.16 Å². The Kier molecular flexibility index (Phi) is 3.77. The highest BCUT2D eigenvalue weighted by atomic mass is 32.2. The van der Waals surface area contributed by atoms with Gasteiger partial charge in [0, 0.05) is 22.8 Å². The predicted molar refractivity (Wildman–Crippen MR) is 89.5 cm³/mol. The van der Waals surface area contributed by atoms with Gasteiger partial charge in [-0.2, -0.15) is 22.0 Å². The van der Waals surface area contributed by atoms with Crippen LogP contribution in [-0.4, -0.2) is 33.1 Å². The third kappa shape index (κ3) is 2.89. The van der Waals surface area contributed by atoms with E-state index in [-0.39, 0.29) is 5.91 Å². The molecule has 0 bridgehead atoms. The number of nitriles is 1. The molecule has 1 aliphatic carbocycles. The van der Waals surface area contributed by atoms with Crippen LogP contribution in [0.5, 0.6) is 0 Å². The van der Waals surface area contributed by atoms with E-state index in [4.69, 9.17) is 4.52 Å². The Morgan fingerprint density at radius 1 is 1.38 bits per heavy atom. The summed E-state index contributed by atoms with van der Waals surface area (Å²) >= 11 is 1.69. The van der Waals surface area contributed by atoms with Crippen molar-refractivity contribution in [2.24, 2.45) is 0 Å². The Bertz CT molecular complexity index is 799. The average Bonchev–Trinajstić information content (AvgIpc) is 3.16. The predicted octanol–water partition coefficient (Wildman–Crippen LogP) is 2.74. The summed E-state index contributed by atoms with van der Waals surface area (Å²) < 4.78 is 5.29. The van der Waals surface area contributed by atoms with Gasteiger partial charge in [-0.05, 0) is 49.3 Å². The number of hydrogen-bond acceptors (Lipinski definition) is 6. The summed E-state index contributed by atoms with van der Waals surface area (Å²) in [6, 6.07) is 9.28. The van der Waals surface area contributed by atoms with Crippen LogP contribution in [0, 0.1) is 11.3 Å². The van der Waals surface area contributed by atoms with Gasteiger partial charge in [0.25, 0.3) is 11.8 Å². The molecule has 1 saturated heterocycles. The largest absolute Gasteiger partial charge is 0.334 e. The maximum atomic E-state index is 12.4. The van der Waals surface area contributed by atoms with Gasteiger partial charge in [0.15, 0.2) is 5.82 Å².